The van der Waals surface area contributed by atoms with E-state index in [4.69, 9.17) is 0 Å². The first kappa shape index (κ1) is 16.0. The summed E-state index contributed by atoms with van der Waals surface area (Å²) in [6, 6.07) is 7.74. The number of aromatic nitrogens is 3. The van der Waals surface area contributed by atoms with E-state index in [1.54, 1.807) is 11.8 Å². The number of carboxylic acids is 1. The predicted molar refractivity (Wildman–Crippen MR) is 88.3 cm³/mol. The van der Waals surface area contributed by atoms with Crippen molar-refractivity contribution in [1.29, 1.82) is 0 Å². The van der Waals surface area contributed by atoms with E-state index in [-0.39, 0.29) is 0 Å². The van der Waals surface area contributed by atoms with Crippen molar-refractivity contribution in [3.63, 3.8) is 0 Å². The minimum absolute atomic E-state index is 0.396. The summed E-state index contributed by atoms with van der Waals surface area (Å²) < 4.78 is 1.90. The third-order valence-electron chi connectivity index (χ3n) is 4.03. The fourth-order valence-corrected chi connectivity index (χ4v) is 3.64. The molecule has 7 heteroatoms. The first-order valence-corrected chi connectivity index (χ1v) is 8.64. The van der Waals surface area contributed by atoms with E-state index >= 15 is 0 Å². The Hall–Kier alpha value is -1.86. The van der Waals surface area contributed by atoms with Crippen LogP contribution in [0.15, 0.2) is 29.2 Å². The SMILES string of the molecule is CCSc1cccc(CN2Cc3nnc(C)n3CC2C(=O)O)c1. The molecule has 0 saturated heterocycles. The Morgan fingerprint density at radius 2 is 2.26 bits per heavy atom. The van der Waals surface area contributed by atoms with Gasteiger partial charge in [0.05, 0.1) is 13.1 Å². The molecule has 0 fully saturated rings. The van der Waals surface area contributed by atoms with Gasteiger partial charge in [-0.2, -0.15) is 0 Å². The molecule has 1 aromatic carbocycles. The van der Waals surface area contributed by atoms with Crippen LogP contribution in [0.2, 0.25) is 0 Å². The Morgan fingerprint density at radius 1 is 1.43 bits per heavy atom. The van der Waals surface area contributed by atoms with E-state index in [1.807, 2.05) is 28.5 Å². The van der Waals surface area contributed by atoms with E-state index in [0.29, 0.717) is 19.6 Å². The maximum Gasteiger partial charge on any atom is 0.322 e. The second-order valence-electron chi connectivity index (χ2n) is 5.61. The van der Waals surface area contributed by atoms with Gasteiger partial charge in [-0.15, -0.1) is 22.0 Å². The number of hydrogen-bond acceptors (Lipinski definition) is 5. The summed E-state index contributed by atoms with van der Waals surface area (Å²) in [5.41, 5.74) is 1.12. The lowest BCUT2D eigenvalue weighted by molar-refractivity contribution is -0.145. The molecule has 1 aliphatic heterocycles. The topological polar surface area (TPSA) is 71.2 Å². The number of nitrogens with zero attached hydrogens (tertiary/aromatic N) is 4. The second kappa shape index (κ2) is 6.72. The van der Waals surface area contributed by atoms with E-state index < -0.39 is 12.0 Å². The molecule has 0 aliphatic carbocycles. The molecule has 122 valence electrons. The molecule has 2 heterocycles. The standard InChI is InChI=1S/C16H20N4O2S/c1-3-23-13-6-4-5-12(7-13)8-19-10-15-18-17-11(2)20(15)9-14(19)16(21)22/h4-7,14H,3,8-10H2,1-2H3,(H,21,22). The number of hydrogen-bond donors (Lipinski definition) is 1. The van der Waals surface area contributed by atoms with Gasteiger partial charge in [-0.25, -0.2) is 0 Å². The first-order valence-electron chi connectivity index (χ1n) is 7.65. The highest BCUT2D eigenvalue weighted by atomic mass is 32.2. The quantitative estimate of drug-likeness (QED) is 0.846. The zero-order valence-electron chi connectivity index (χ0n) is 13.3. The van der Waals surface area contributed by atoms with Crippen LogP contribution in [0.25, 0.3) is 0 Å². The van der Waals surface area contributed by atoms with E-state index in [0.717, 1.165) is 23.0 Å². The minimum Gasteiger partial charge on any atom is -0.480 e. The maximum absolute atomic E-state index is 11.7. The third-order valence-corrected chi connectivity index (χ3v) is 4.91. The molecule has 23 heavy (non-hydrogen) atoms. The lowest BCUT2D eigenvalue weighted by atomic mass is 10.1. The van der Waals surface area contributed by atoms with Gasteiger partial charge in [0.1, 0.15) is 17.7 Å². The Kier molecular flexibility index (Phi) is 4.68. The van der Waals surface area contributed by atoms with Crippen molar-refractivity contribution in [1.82, 2.24) is 19.7 Å². The van der Waals surface area contributed by atoms with E-state index in [1.165, 1.54) is 4.90 Å². The monoisotopic (exact) mass is 332 g/mol. The van der Waals surface area contributed by atoms with Crippen molar-refractivity contribution >= 4 is 17.7 Å². The maximum atomic E-state index is 11.7. The van der Waals surface area contributed by atoms with Gasteiger partial charge in [-0.05, 0) is 30.4 Å². The van der Waals surface area contributed by atoms with Gasteiger partial charge < -0.3 is 9.67 Å². The van der Waals surface area contributed by atoms with Gasteiger partial charge in [0.15, 0.2) is 0 Å². The molecule has 1 unspecified atom stereocenters. The number of aryl methyl sites for hydroxylation is 1. The molecule has 3 rings (SSSR count). The third kappa shape index (κ3) is 3.40. The molecule has 1 aliphatic rings. The molecule has 1 aromatic heterocycles. The van der Waals surface area contributed by atoms with Crippen LogP contribution in [0, 0.1) is 6.92 Å². The van der Waals surface area contributed by atoms with Gasteiger partial charge in [0.2, 0.25) is 0 Å². The number of thioether (sulfide) groups is 1. The Labute approximate surface area is 139 Å². The number of rotatable bonds is 5. The Bertz CT molecular complexity index is 716. The number of fused-ring (bicyclic) bond motifs is 1. The summed E-state index contributed by atoms with van der Waals surface area (Å²) in [6.45, 7) is 5.48. The molecule has 0 saturated carbocycles. The van der Waals surface area contributed by atoms with Gasteiger partial charge in [-0.3, -0.25) is 9.69 Å². The van der Waals surface area contributed by atoms with Gasteiger partial charge in [0.25, 0.3) is 0 Å². The highest BCUT2D eigenvalue weighted by Crippen LogP contribution is 2.23. The molecule has 6 nitrogen and oxygen atoms in total. The molecule has 0 amide bonds. The van der Waals surface area contributed by atoms with Crippen molar-refractivity contribution in [2.75, 3.05) is 5.75 Å². The van der Waals surface area contributed by atoms with Crippen LogP contribution in [0.4, 0.5) is 0 Å². The highest BCUT2D eigenvalue weighted by Gasteiger charge is 2.33. The summed E-state index contributed by atoms with van der Waals surface area (Å²) in [5, 5.41) is 17.8. The summed E-state index contributed by atoms with van der Waals surface area (Å²) in [5.74, 6) is 1.82. The fraction of sp³-hybridized carbons (Fsp3) is 0.438. The van der Waals surface area contributed by atoms with Gasteiger partial charge in [0, 0.05) is 11.4 Å². The lowest BCUT2D eigenvalue weighted by Crippen LogP contribution is -2.47. The smallest absolute Gasteiger partial charge is 0.322 e. The van der Waals surface area contributed by atoms with Crippen molar-refractivity contribution < 1.29 is 9.90 Å². The summed E-state index contributed by atoms with van der Waals surface area (Å²) in [7, 11) is 0. The van der Waals surface area contributed by atoms with Crippen molar-refractivity contribution in [3.8, 4) is 0 Å². The van der Waals surface area contributed by atoms with Crippen LogP contribution in [0.1, 0.15) is 24.1 Å². The van der Waals surface area contributed by atoms with Crippen LogP contribution in [-0.2, 0) is 24.4 Å². The molecule has 0 bridgehead atoms. The molecular weight excluding hydrogens is 312 g/mol. The van der Waals surface area contributed by atoms with Crippen LogP contribution in [0.5, 0.6) is 0 Å². The Morgan fingerprint density at radius 3 is 3.00 bits per heavy atom. The first-order chi connectivity index (χ1) is 11.1. The van der Waals surface area contributed by atoms with Crippen molar-refractivity contribution in [3.05, 3.63) is 41.5 Å². The molecular formula is C16H20N4O2S. The molecule has 1 N–H and O–H groups in total. The summed E-state index contributed by atoms with van der Waals surface area (Å²) in [6.07, 6.45) is 0. The van der Waals surface area contributed by atoms with Crippen LogP contribution in [-0.4, -0.2) is 42.5 Å². The van der Waals surface area contributed by atoms with E-state index in [9.17, 15) is 9.90 Å². The number of benzene rings is 1. The highest BCUT2D eigenvalue weighted by molar-refractivity contribution is 7.99. The fourth-order valence-electron chi connectivity index (χ4n) is 2.89. The van der Waals surface area contributed by atoms with Gasteiger partial charge in [-0.1, -0.05) is 19.1 Å². The van der Waals surface area contributed by atoms with Gasteiger partial charge >= 0.3 is 5.97 Å². The minimum atomic E-state index is -0.803. The lowest BCUT2D eigenvalue weighted by Gasteiger charge is -2.33. The number of carboxylic acid groups (broad SMARTS) is 1. The van der Waals surface area contributed by atoms with Crippen LogP contribution < -0.4 is 0 Å². The molecule has 1 atom stereocenters. The van der Waals surface area contributed by atoms with Crippen LogP contribution >= 0.6 is 11.8 Å². The number of aliphatic carboxylic acids is 1. The molecule has 2 aromatic rings. The second-order valence-corrected chi connectivity index (χ2v) is 6.95. The normalized spacial score (nSPS) is 17.9. The zero-order valence-corrected chi connectivity index (χ0v) is 14.1. The zero-order chi connectivity index (χ0) is 16.4. The predicted octanol–water partition coefficient (Wildman–Crippen LogP) is 2.17. The molecule has 0 radical (unpaired) electrons. The largest absolute Gasteiger partial charge is 0.480 e. The van der Waals surface area contributed by atoms with Crippen molar-refractivity contribution in [2.24, 2.45) is 0 Å². The Balaban J connectivity index is 1.83. The van der Waals surface area contributed by atoms with Crippen LogP contribution in [0.3, 0.4) is 0 Å². The summed E-state index contributed by atoms with van der Waals surface area (Å²) in [4.78, 5) is 14.8. The average molecular weight is 332 g/mol. The average Bonchev–Trinajstić information content (AvgIpc) is 2.88. The molecule has 0 spiro atoms. The van der Waals surface area contributed by atoms with Crippen molar-refractivity contribution in [2.45, 2.75) is 44.4 Å². The van der Waals surface area contributed by atoms with E-state index in [2.05, 4.69) is 29.3 Å². The number of carbonyl (C=O) groups is 1. The summed E-state index contributed by atoms with van der Waals surface area (Å²) >= 11 is 1.79.